The largest absolute Gasteiger partial charge is 0.478 e. The second kappa shape index (κ2) is 6.20. The molecular weight excluding hydrogens is 220 g/mol. The van der Waals surface area contributed by atoms with E-state index < -0.39 is 5.97 Å². The molecule has 2 N–H and O–H groups in total. The Morgan fingerprint density at radius 2 is 2.29 bits per heavy atom. The second-order valence-electron chi connectivity index (χ2n) is 4.13. The van der Waals surface area contributed by atoms with Crippen molar-refractivity contribution < 1.29 is 14.6 Å². The van der Waals surface area contributed by atoms with E-state index in [1.54, 1.807) is 20.1 Å². The molecule has 17 heavy (non-hydrogen) atoms. The molecule has 0 fully saturated rings. The predicted molar refractivity (Wildman–Crippen MR) is 65.5 cm³/mol. The van der Waals surface area contributed by atoms with E-state index in [9.17, 15) is 4.79 Å². The monoisotopic (exact) mass is 238 g/mol. The SMILES string of the molecule is COCC(C)CNc1cc(C(=O)O)cc(C)n1. The van der Waals surface area contributed by atoms with Gasteiger partial charge in [0.15, 0.2) is 0 Å². The maximum absolute atomic E-state index is 10.9. The predicted octanol–water partition coefficient (Wildman–Crippen LogP) is 1.78. The van der Waals surface area contributed by atoms with Crippen LogP contribution < -0.4 is 5.32 Å². The number of nitrogens with zero attached hydrogens (tertiary/aromatic N) is 1. The van der Waals surface area contributed by atoms with Gasteiger partial charge in [-0.2, -0.15) is 0 Å². The standard InChI is InChI=1S/C12H18N2O3/c1-8(7-17-3)6-13-11-5-10(12(15)16)4-9(2)14-11/h4-5,8H,6-7H2,1-3H3,(H,13,14)(H,15,16). The molecule has 0 bridgehead atoms. The molecule has 5 heteroatoms. The number of pyridine rings is 1. The Bertz CT molecular complexity index is 393. The number of aryl methyl sites for hydroxylation is 1. The van der Waals surface area contributed by atoms with Crippen LogP contribution in [-0.2, 0) is 4.74 Å². The zero-order chi connectivity index (χ0) is 12.8. The van der Waals surface area contributed by atoms with Crippen LogP contribution in [0.3, 0.4) is 0 Å². The maximum Gasteiger partial charge on any atom is 0.335 e. The molecule has 1 rings (SSSR count). The Morgan fingerprint density at radius 1 is 1.59 bits per heavy atom. The van der Waals surface area contributed by atoms with Crippen LogP contribution >= 0.6 is 0 Å². The highest BCUT2D eigenvalue weighted by Crippen LogP contribution is 2.11. The van der Waals surface area contributed by atoms with Crippen LogP contribution in [0, 0.1) is 12.8 Å². The fourth-order valence-electron chi connectivity index (χ4n) is 1.50. The molecule has 0 amide bonds. The lowest BCUT2D eigenvalue weighted by atomic mass is 10.2. The van der Waals surface area contributed by atoms with Crippen molar-refractivity contribution in [1.82, 2.24) is 4.98 Å². The molecule has 0 aromatic carbocycles. The summed E-state index contributed by atoms with van der Waals surface area (Å²) in [6.07, 6.45) is 0. The molecule has 0 saturated heterocycles. The highest BCUT2D eigenvalue weighted by atomic mass is 16.5. The number of aromatic carboxylic acids is 1. The molecule has 0 aliphatic heterocycles. The van der Waals surface area contributed by atoms with Crippen LogP contribution in [0.15, 0.2) is 12.1 Å². The third-order valence-electron chi connectivity index (χ3n) is 2.28. The third-order valence-corrected chi connectivity index (χ3v) is 2.28. The van der Waals surface area contributed by atoms with Crippen LogP contribution in [0.25, 0.3) is 0 Å². The first-order chi connectivity index (χ1) is 8.02. The molecule has 1 unspecified atom stereocenters. The van der Waals surface area contributed by atoms with Crippen LogP contribution in [-0.4, -0.2) is 36.3 Å². The first-order valence-electron chi connectivity index (χ1n) is 5.47. The number of carboxylic acid groups (broad SMARTS) is 1. The molecule has 0 spiro atoms. The zero-order valence-electron chi connectivity index (χ0n) is 10.4. The van der Waals surface area contributed by atoms with Gasteiger partial charge in [-0.15, -0.1) is 0 Å². The minimum absolute atomic E-state index is 0.249. The van der Waals surface area contributed by atoms with Crippen molar-refractivity contribution in [3.05, 3.63) is 23.4 Å². The molecule has 1 atom stereocenters. The van der Waals surface area contributed by atoms with Crippen molar-refractivity contribution in [3.8, 4) is 0 Å². The van der Waals surface area contributed by atoms with E-state index in [1.165, 1.54) is 6.07 Å². The van der Waals surface area contributed by atoms with Crippen LogP contribution in [0.1, 0.15) is 23.0 Å². The quantitative estimate of drug-likeness (QED) is 0.790. The lowest BCUT2D eigenvalue weighted by molar-refractivity contribution is 0.0696. The third kappa shape index (κ3) is 4.40. The number of methoxy groups -OCH3 is 1. The van der Waals surface area contributed by atoms with Gasteiger partial charge in [-0.1, -0.05) is 6.92 Å². The van der Waals surface area contributed by atoms with Crippen LogP contribution in [0.5, 0.6) is 0 Å². The van der Waals surface area contributed by atoms with E-state index in [2.05, 4.69) is 10.3 Å². The maximum atomic E-state index is 10.9. The summed E-state index contributed by atoms with van der Waals surface area (Å²) < 4.78 is 5.02. The first-order valence-corrected chi connectivity index (χ1v) is 5.47. The summed E-state index contributed by atoms with van der Waals surface area (Å²) in [4.78, 5) is 15.1. The molecule has 0 saturated carbocycles. The highest BCUT2D eigenvalue weighted by molar-refractivity contribution is 5.88. The van der Waals surface area contributed by atoms with Crippen molar-refractivity contribution in [1.29, 1.82) is 0 Å². The van der Waals surface area contributed by atoms with Crippen molar-refractivity contribution in [3.63, 3.8) is 0 Å². The van der Waals surface area contributed by atoms with E-state index >= 15 is 0 Å². The Labute approximate surface area is 101 Å². The van der Waals surface area contributed by atoms with Gasteiger partial charge in [0.25, 0.3) is 0 Å². The van der Waals surface area contributed by atoms with Crippen molar-refractivity contribution in [2.24, 2.45) is 5.92 Å². The zero-order valence-corrected chi connectivity index (χ0v) is 10.4. The average Bonchev–Trinajstić information content (AvgIpc) is 2.26. The van der Waals surface area contributed by atoms with Gasteiger partial charge >= 0.3 is 5.97 Å². The number of carbonyl (C=O) groups is 1. The van der Waals surface area contributed by atoms with Gasteiger partial charge in [-0.25, -0.2) is 9.78 Å². The molecule has 1 aromatic heterocycles. The van der Waals surface area contributed by atoms with E-state index in [1.807, 2.05) is 6.92 Å². The van der Waals surface area contributed by atoms with Crippen molar-refractivity contribution in [2.45, 2.75) is 13.8 Å². The highest BCUT2D eigenvalue weighted by Gasteiger charge is 2.07. The molecule has 0 aliphatic carbocycles. The first kappa shape index (κ1) is 13.4. The van der Waals surface area contributed by atoms with E-state index in [4.69, 9.17) is 9.84 Å². The van der Waals surface area contributed by atoms with Gasteiger partial charge in [0.1, 0.15) is 5.82 Å². The molecule has 0 radical (unpaired) electrons. The number of rotatable bonds is 6. The average molecular weight is 238 g/mol. The molecule has 1 heterocycles. The Morgan fingerprint density at radius 3 is 2.88 bits per heavy atom. The van der Waals surface area contributed by atoms with Gasteiger partial charge < -0.3 is 15.2 Å². The molecule has 1 aromatic rings. The van der Waals surface area contributed by atoms with Gasteiger partial charge in [0.2, 0.25) is 0 Å². The Balaban J connectivity index is 2.68. The Hall–Kier alpha value is -1.62. The van der Waals surface area contributed by atoms with Crippen LogP contribution in [0.2, 0.25) is 0 Å². The van der Waals surface area contributed by atoms with Gasteiger partial charge in [0.05, 0.1) is 12.2 Å². The van der Waals surface area contributed by atoms with Crippen molar-refractivity contribution >= 4 is 11.8 Å². The van der Waals surface area contributed by atoms with E-state index in [0.29, 0.717) is 30.6 Å². The summed E-state index contributed by atoms with van der Waals surface area (Å²) >= 11 is 0. The number of nitrogens with one attached hydrogen (secondary N) is 1. The fourth-order valence-corrected chi connectivity index (χ4v) is 1.50. The topological polar surface area (TPSA) is 71.5 Å². The van der Waals surface area contributed by atoms with Gasteiger partial charge in [-0.05, 0) is 25.0 Å². The van der Waals surface area contributed by atoms with Crippen molar-refractivity contribution in [2.75, 3.05) is 25.6 Å². The van der Waals surface area contributed by atoms with E-state index in [0.717, 1.165) is 0 Å². The minimum Gasteiger partial charge on any atom is -0.478 e. The summed E-state index contributed by atoms with van der Waals surface area (Å²) in [6, 6.07) is 3.08. The summed E-state index contributed by atoms with van der Waals surface area (Å²) in [5.74, 6) is -0.00978. The lowest BCUT2D eigenvalue weighted by Gasteiger charge is -2.12. The number of carboxylic acids is 1. The number of ether oxygens (including phenoxy) is 1. The summed E-state index contributed by atoms with van der Waals surface area (Å²) in [7, 11) is 1.66. The number of hydrogen-bond acceptors (Lipinski definition) is 4. The normalized spacial score (nSPS) is 12.2. The molecule has 94 valence electrons. The summed E-state index contributed by atoms with van der Waals surface area (Å²) in [5.41, 5.74) is 0.936. The molecule has 5 nitrogen and oxygen atoms in total. The summed E-state index contributed by atoms with van der Waals surface area (Å²) in [5, 5.41) is 12.0. The number of hydrogen-bond donors (Lipinski definition) is 2. The van der Waals surface area contributed by atoms with Gasteiger partial charge in [0, 0.05) is 19.3 Å². The Kier molecular flexibility index (Phi) is 4.90. The number of anilines is 1. The van der Waals surface area contributed by atoms with E-state index in [-0.39, 0.29) is 5.56 Å². The fraction of sp³-hybridized carbons (Fsp3) is 0.500. The smallest absolute Gasteiger partial charge is 0.335 e. The second-order valence-corrected chi connectivity index (χ2v) is 4.13. The number of aromatic nitrogens is 1. The van der Waals surface area contributed by atoms with Crippen LogP contribution in [0.4, 0.5) is 5.82 Å². The molecular formula is C12H18N2O3. The summed E-state index contributed by atoms with van der Waals surface area (Å²) in [6.45, 7) is 5.18. The minimum atomic E-state index is -0.941. The lowest BCUT2D eigenvalue weighted by Crippen LogP contribution is -2.17. The van der Waals surface area contributed by atoms with Gasteiger partial charge in [-0.3, -0.25) is 0 Å². The molecule has 0 aliphatic rings.